The first kappa shape index (κ1) is 90.6. The number of benzene rings is 6. The lowest BCUT2D eigenvalue weighted by atomic mass is 9.49. The number of rotatable bonds is 15. The lowest BCUT2D eigenvalue weighted by Gasteiger charge is -2.32. The average Bonchev–Trinajstić information content (AvgIpc) is 1.60. The van der Waals surface area contributed by atoms with Crippen LogP contribution in [0.25, 0.3) is 0 Å². The van der Waals surface area contributed by atoms with Gasteiger partial charge in [-0.05, 0) is 220 Å². The summed E-state index contributed by atoms with van der Waals surface area (Å²) in [5.41, 5.74) is 3.13. The molecule has 3 amide bonds. The number of nitrogens with zero attached hydrogens (tertiary/aromatic N) is 3. The number of pyridine rings is 3. The molecule has 3 aromatic heterocycles. The third kappa shape index (κ3) is 24.6. The van der Waals surface area contributed by atoms with Crippen molar-refractivity contribution in [3.63, 3.8) is 0 Å². The zero-order valence-corrected chi connectivity index (χ0v) is 67.4. The van der Waals surface area contributed by atoms with Crippen LogP contribution < -0.4 is 37.8 Å². The summed E-state index contributed by atoms with van der Waals surface area (Å²) in [4.78, 5) is 48.3. The molecule has 114 heavy (non-hydrogen) atoms. The molecule has 0 aliphatic carbocycles. The molecule has 0 saturated carbocycles. The standard InChI is InChI=1S/C26H26BF4N3O3.C20H14BrF4N3O.C13H7ClF4N2O.C12H24B2O4.C7H8BrN/c1-24(2)25(3,4)37-27(36-24)18-7-5-16(6-8-18)14-32-22-21(13-17(15-33-22)26(29,30)31)23(35)34-20-11-9-19(28)10-12-20;21-14-3-1-12(2-4-14)10-26-18-17(9-13(11-27-18)20(23,24)25)19(29)28-16-7-5-15(22)6-8-16;14-11-10(5-7(6-19-11)13(16,17)18)12(21)20-9-3-1-8(15)2-4-9;1-9(2)10(3,4)16-13(15-9)14-17-11(5,6)12(7,8)18-14;8-7-3-1-6(5-9)2-4-7/h5-13,15H,14H2,1-4H3,(H,32,33)(H,34,35);1-9,11H,10H2,(H,26,27)(H,28,29);1-6H,(H,20,21);1-8H3;1-4H,5,9H2. The molecule has 7 N–H and O–H groups in total. The van der Waals surface area contributed by atoms with Gasteiger partial charge in [-0.25, -0.2) is 28.1 Å². The number of carbonyl (C=O) groups excluding carboxylic acids is 3. The number of nitrogens with two attached hydrogens (primary N) is 1. The number of halogens is 15. The first-order valence-electron chi connectivity index (χ1n) is 34.9. The Hall–Kier alpha value is -8.90. The maximum atomic E-state index is 13.3. The number of amides is 3. The summed E-state index contributed by atoms with van der Waals surface area (Å²) >= 11 is 12.3. The number of carbonyl (C=O) groups is 3. The summed E-state index contributed by atoms with van der Waals surface area (Å²) in [7, 11) is -1.47. The molecule has 3 saturated heterocycles. The predicted molar refractivity (Wildman–Crippen MR) is 421 cm³/mol. The Kier molecular flexibility index (Phi) is 29.4. The number of alkyl halides is 9. The van der Waals surface area contributed by atoms with Gasteiger partial charge in [-0.3, -0.25) is 14.4 Å². The molecule has 3 aliphatic heterocycles. The van der Waals surface area contributed by atoms with Crippen molar-refractivity contribution in [2.75, 3.05) is 26.6 Å². The Morgan fingerprint density at radius 1 is 0.404 bits per heavy atom. The summed E-state index contributed by atoms with van der Waals surface area (Å²) in [5.74, 6) is -4.02. The van der Waals surface area contributed by atoms with Gasteiger partial charge < -0.3 is 60.2 Å². The van der Waals surface area contributed by atoms with E-state index in [2.05, 4.69) is 73.4 Å². The van der Waals surface area contributed by atoms with E-state index in [4.69, 9.17) is 45.3 Å². The highest BCUT2D eigenvalue weighted by Crippen LogP contribution is 2.44. The molecule has 12 rings (SSSR count). The normalized spacial score (nSPS) is 16.1. The minimum absolute atomic E-state index is 0.000491. The Balaban J connectivity index is 0.000000189. The van der Waals surface area contributed by atoms with E-state index >= 15 is 0 Å². The van der Waals surface area contributed by atoms with Gasteiger partial charge in [0.2, 0.25) is 0 Å². The second-order valence-electron chi connectivity index (χ2n) is 28.9. The molecule has 0 bridgehead atoms. The van der Waals surface area contributed by atoms with E-state index in [1.807, 2.05) is 156 Å². The molecule has 6 heterocycles. The molecule has 9 aromatic rings. The molecule has 3 fully saturated rings. The van der Waals surface area contributed by atoms with Crippen LogP contribution in [0, 0.1) is 17.5 Å². The SMILES string of the molecule is CC1(C)OB(B2OC(C)(C)C(C)(C)O2)OC1(C)C.CC1(C)OB(c2ccc(CNc3ncc(C(F)(F)F)cc3C(=O)Nc3ccc(F)cc3)cc2)OC1(C)C.NCc1ccc(Br)cc1.O=C(Nc1ccc(F)cc1)c1cc(C(F)(F)F)cnc1Cl.O=C(Nc1ccc(F)cc1)c1cc(C(F)(F)F)cnc1NCc1ccc(Br)cc1. The molecular formula is C78H79B3Br2ClF12N9O9. The number of hydrogen-bond acceptors (Lipinski definition) is 15. The highest BCUT2D eigenvalue weighted by molar-refractivity contribution is 9.10. The third-order valence-electron chi connectivity index (χ3n) is 18.9. The molecule has 0 spiro atoms. The quantitative estimate of drug-likeness (QED) is 0.0318. The zero-order valence-electron chi connectivity index (χ0n) is 63.4. The molecule has 18 nitrogen and oxygen atoms in total. The Bertz CT molecular complexity index is 4710. The van der Waals surface area contributed by atoms with Crippen LogP contribution in [0.2, 0.25) is 5.15 Å². The topological polar surface area (TPSA) is 231 Å². The van der Waals surface area contributed by atoms with Crippen LogP contribution in [0.4, 0.5) is 81.4 Å². The fraction of sp³-hybridized carbons (Fsp3) is 0.308. The van der Waals surface area contributed by atoms with Crippen molar-refractivity contribution < 1.29 is 95.0 Å². The highest BCUT2D eigenvalue weighted by atomic mass is 79.9. The predicted octanol–water partition coefficient (Wildman–Crippen LogP) is 19.6. The molecule has 3 aliphatic rings. The van der Waals surface area contributed by atoms with Crippen molar-refractivity contribution in [2.45, 2.75) is 155 Å². The van der Waals surface area contributed by atoms with E-state index in [1.165, 1.54) is 42.0 Å². The molecule has 6 aromatic carbocycles. The van der Waals surface area contributed by atoms with Crippen molar-refractivity contribution in [1.82, 2.24) is 15.0 Å². The molecule has 0 atom stereocenters. The fourth-order valence-corrected chi connectivity index (χ4v) is 10.9. The third-order valence-corrected chi connectivity index (χ3v) is 20.2. The summed E-state index contributed by atoms with van der Waals surface area (Å²) in [6.07, 6.45) is -12.1. The Morgan fingerprint density at radius 2 is 0.675 bits per heavy atom. The van der Waals surface area contributed by atoms with Gasteiger partial charge in [-0.1, -0.05) is 92.0 Å². The average molecular weight is 1740 g/mol. The van der Waals surface area contributed by atoms with E-state index in [1.54, 1.807) is 0 Å². The monoisotopic (exact) mass is 1740 g/mol. The molecule has 36 heteroatoms. The van der Waals surface area contributed by atoms with Crippen molar-refractivity contribution >= 4 is 116 Å². The highest BCUT2D eigenvalue weighted by Gasteiger charge is 2.64. The minimum Gasteiger partial charge on any atom is -0.405 e. The maximum Gasteiger partial charge on any atom is 0.494 e. The maximum absolute atomic E-state index is 13.3. The van der Waals surface area contributed by atoms with Gasteiger partial charge in [-0.2, -0.15) is 39.5 Å². The lowest BCUT2D eigenvalue weighted by Crippen LogP contribution is -2.41. The number of aromatic nitrogens is 3. The van der Waals surface area contributed by atoms with E-state index in [0.717, 1.165) is 74.1 Å². The van der Waals surface area contributed by atoms with Gasteiger partial charge in [-0.15, -0.1) is 0 Å². The van der Waals surface area contributed by atoms with Gasteiger partial charge >= 0.3 is 39.7 Å². The summed E-state index contributed by atoms with van der Waals surface area (Å²) in [6.45, 7) is 25.1. The van der Waals surface area contributed by atoms with Crippen LogP contribution >= 0.6 is 43.5 Å². The van der Waals surface area contributed by atoms with Crippen LogP contribution in [0.15, 0.2) is 191 Å². The lowest BCUT2D eigenvalue weighted by molar-refractivity contribution is -0.138. The largest absolute Gasteiger partial charge is 0.494 e. The van der Waals surface area contributed by atoms with Crippen molar-refractivity contribution in [3.05, 3.63) is 264 Å². The molecule has 604 valence electrons. The summed E-state index contributed by atoms with van der Waals surface area (Å²) in [5, 5.41) is 12.7. The van der Waals surface area contributed by atoms with Crippen LogP contribution in [-0.4, -0.2) is 87.4 Å². The van der Waals surface area contributed by atoms with Crippen LogP contribution in [0.3, 0.4) is 0 Å². The van der Waals surface area contributed by atoms with Gasteiger partial charge in [0, 0.05) is 64.2 Å². The molecule has 0 radical (unpaired) electrons. The first-order chi connectivity index (χ1) is 52.9. The van der Waals surface area contributed by atoms with Crippen LogP contribution in [0.1, 0.15) is 148 Å². The summed E-state index contributed by atoms with van der Waals surface area (Å²) < 4.78 is 194. The Morgan fingerprint density at radius 3 is 0.982 bits per heavy atom. The van der Waals surface area contributed by atoms with Crippen LogP contribution in [0.5, 0.6) is 0 Å². The van der Waals surface area contributed by atoms with Crippen molar-refractivity contribution in [2.24, 2.45) is 5.73 Å². The zero-order chi connectivity index (χ0) is 84.3. The van der Waals surface area contributed by atoms with E-state index in [0.29, 0.717) is 31.2 Å². The van der Waals surface area contributed by atoms with Gasteiger partial charge in [0.15, 0.2) is 0 Å². The minimum atomic E-state index is -4.68. The summed E-state index contributed by atoms with van der Waals surface area (Å²) in [6, 6.07) is 39.2. The Labute approximate surface area is 673 Å². The molecule has 0 unspecified atom stereocenters. The van der Waals surface area contributed by atoms with Gasteiger partial charge in [0.25, 0.3) is 17.7 Å². The van der Waals surface area contributed by atoms with Gasteiger partial charge in [0.1, 0.15) is 34.2 Å². The first-order valence-corrected chi connectivity index (χ1v) is 36.8. The van der Waals surface area contributed by atoms with Crippen molar-refractivity contribution in [1.29, 1.82) is 0 Å². The second-order valence-corrected chi connectivity index (χ2v) is 31.1. The van der Waals surface area contributed by atoms with Gasteiger partial charge in [0.05, 0.1) is 67.0 Å². The number of anilines is 5. The van der Waals surface area contributed by atoms with E-state index < -0.39 is 108 Å². The smallest absolute Gasteiger partial charge is 0.405 e. The van der Waals surface area contributed by atoms with E-state index in [-0.39, 0.29) is 80.5 Å². The number of nitrogens with one attached hydrogen (secondary N) is 5. The number of hydrogen-bond donors (Lipinski definition) is 6. The second kappa shape index (κ2) is 36.9. The van der Waals surface area contributed by atoms with E-state index in [9.17, 15) is 67.1 Å². The van der Waals surface area contributed by atoms with Crippen LogP contribution in [-0.2, 0) is 66.1 Å². The fourth-order valence-electron chi connectivity index (χ4n) is 10.2. The van der Waals surface area contributed by atoms with Crippen molar-refractivity contribution in [3.8, 4) is 0 Å². The molecular weight excluding hydrogens is 1660 g/mol.